The van der Waals surface area contributed by atoms with Crippen LogP contribution in [0, 0.1) is 0 Å². The van der Waals surface area contributed by atoms with Crippen molar-refractivity contribution in [2.24, 2.45) is 0 Å². The molecule has 0 unspecified atom stereocenters. The molecule has 0 spiro atoms. The van der Waals surface area contributed by atoms with Crippen molar-refractivity contribution in [1.29, 1.82) is 0 Å². The molecule has 24 heavy (non-hydrogen) atoms. The van der Waals surface area contributed by atoms with Crippen LogP contribution in [0.1, 0.15) is 11.1 Å². The van der Waals surface area contributed by atoms with Gasteiger partial charge >= 0.3 is 5.69 Å². The number of aromatic nitrogens is 2. The van der Waals surface area contributed by atoms with Crippen LogP contribution in [-0.2, 0) is 6.42 Å². The van der Waals surface area contributed by atoms with Crippen LogP contribution < -0.4 is 5.69 Å². The number of nitrogens with zero attached hydrogens (tertiary/aromatic N) is 1. The summed E-state index contributed by atoms with van der Waals surface area (Å²) in [6.07, 6.45) is 0.849. The van der Waals surface area contributed by atoms with Gasteiger partial charge in [0.2, 0.25) is 0 Å². The summed E-state index contributed by atoms with van der Waals surface area (Å²) in [5.41, 5.74) is 4.91. The number of rotatable bonds is 3. The van der Waals surface area contributed by atoms with Crippen LogP contribution in [0.2, 0.25) is 0 Å². The Morgan fingerprint density at radius 3 is 2.38 bits per heavy atom. The predicted octanol–water partition coefficient (Wildman–Crippen LogP) is 4.67. The van der Waals surface area contributed by atoms with Gasteiger partial charge in [-0.25, -0.2) is 4.79 Å². The number of hydrogen-bond donors (Lipinski definition) is 1. The highest BCUT2D eigenvalue weighted by Crippen LogP contribution is 2.20. The summed E-state index contributed by atoms with van der Waals surface area (Å²) in [6, 6.07) is 24.2. The monoisotopic (exact) mass is 378 g/mol. The zero-order valence-electron chi connectivity index (χ0n) is 12.9. The molecule has 3 nitrogen and oxygen atoms in total. The molecule has 0 amide bonds. The molecule has 4 rings (SSSR count). The van der Waals surface area contributed by atoms with Crippen molar-refractivity contribution in [1.82, 2.24) is 9.55 Å². The van der Waals surface area contributed by atoms with E-state index in [2.05, 4.69) is 45.2 Å². The summed E-state index contributed by atoms with van der Waals surface area (Å²) in [5, 5.41) is 0. The molecule has 0 radical (unpaired) electrons. The van der Waals surface area contributed by atoms with Gasteiger partial charge in [-0.2, -0.15) is 0 Å². The molecule has 4 heteroatoms. The lowest BCUT2D eigenvalue weighted by molar-refractivity contribution is 1.02. The van der Waals surface area contributed by atoms with Gasteiger partial charge in [0, 0.05) is 4.47 Å². The number of benzene rings is 3. The molecule has 0 aliphatic heterocycles. The first-order valence-corrected chi connectivity index (χ1v) is 8.53. The molecule has 4 aromatic rings. The minimum Gasteiger partial charge on any atom is -0.305 e. The molecule has 3 aromatic carbocycles. The Kier molecular flexibility index (Phi) is 3.82. The van der Waals surface area contributed by atoms with Crippen LogP contribution >= 0.6 is 15.9 Å². The Bertz CT molecular complexity index is 1050. The maximum Gasteiger partial charge on any atom is 0.331 e. The van der Waals surface area contributed by atoms with Crippen molar-refractivity contribution >= 4 is 27.0 Å². The topological polar surface area (TPSA) is 37.8 Å². The largest absolute Gasteiger partial charge is 0.331 e. The number of aromatic amines is 1. The van der Waals surface area contributed by atoms with Gasteiger partial charge in [0.15, 0.2) is 0 Å². The molecule has 0 saturated heterocycles. The molecule has 1 heterocycles. The Hall–Kier alpha value is -2.59. The van der Waals surface area contributed by atoms with E-state index in [-0.39, 0.29) is 5.69 Å². The highest BCUT2D eigenvalue weighted by molar-refractivity contribution is 9.10. The van der Waals surface area contributed by atoms with E-state index in [1.165, 1.54) is 11.1 Å². The fourth-order valence-electron chi connectivity index (χ4n) is 2.95. The molecule has 118 valence electrons. The lowest BCUT2D eigenvalue weighted by Crippen LogP contribution is -2.14. The zero-order chi connectivity index (χ0) is 16.5. The van der Waals surface area contributed by atoms with E-state index in [0.717, 1.165) is 27.6 Å². The summed E-state index contributed by atoms with van der Waals surface area (Å²) in [6.45, 7) is 0. The zero-order valence-corrected chi connectivity index (χ0v) is 14.5. The number of hydrogen-bond acceptors (Lipinski definition) is 1. The molecule has 1 N–H and O–H groups in total. The van der Waals surface area contributed by atoms with Crippen LogP contribution in [0.5, 0.6) is 0 Å². The summed E-state index contributed by atoms with van der Waals surface area (Å²) < 4.78 is 2.69. The molecule has 0 bridgehead atoms. The first-order valence-electron chi connectivity index (χ1n) is 7.74. The molecule has 0 atom stereocenters. The van der Waals surface area contributed by atoms with E-state index in [1.54, 1.807) is 4.57 Å². The van der Waals surface area contributed by atoms with Gasteiger partial charge in [-0.1, -0.05) is 52.3 Å². The van der Waals surface area contributed by atoms with Gasteiger partial charge in [-0.05, 0) is 53.9 Å². The van der Waals surface area contributed by atoms with Gasteiger partial charge in [0.1, 0.15) is 0 Å². The van der Waals surface area contributed by atoms with Crippen molar-refractivity contribution in [2.75, 3.05) is 0 Å². The second kappa shape index (κ2) is 6.13. The molecule has 0 aliphatic carbocycles. The first kappa shape index (κ1) is 15.0. The number of imidazole rings is 1. The normalized spacial score (nSPS) is 11.0. The lowest BCUT2D eigenvalue weighted by atomic mass is 10.0. The minimum absolute atomic E-state index is 0.121. The van der Waals surface area contributed by atoms with Crippen molar-refractivity contribution in [3.63, 3.8) is 0 Å². The third kappa shape index (κ3) is 2.81. The maximum atomic E-state index is 12.4. The van der Waals surface area contributed by atoms with E-state index in [0.29, 0.717) is 0 Å². The Morgan fingerprint density at radius 1 is 0.875 bits per heavy atom. The highest BCUT2D eigenvalue weighted by atomic mass is 79.9. The number of nitrogens with one attached hydrogen (secondary N) is 1. The van der Waals surface area contributed by atoms with Crippen LogP contribution in [-0.4, -0.2) is 9.55 Å². The highest BCUT2D eigenvalue weighted by Gasteiger charge is 2.09. The second-order valence-corrected chi connectivity index (χ2v) is 6.67. The van der Waals surface area contributed by atoms with Gasteiger partial charge < -0.3 is 4.98 Å². The average Bonchev–Trinajstić information content (AvgIpc) is 2.92. The van der Waals surface area contributed by atoms with Crippen molar-refractivity contribution in [3.05, 3.63) is 98.9 Å². The quantitative estimate of drug-likeness (QED) is 0.552. The standard InChI is InChI=1S/C20H15BrN2O/c21-16-7-9-17(10-8-16)23-19-11-6-15(13-18(19)22-20(23)24)12-14-4-2-1-3-5-14/h1-11,13H,12H2,(H,22,24). The van der Waals surface area contributed by atoms with Gasteiger partial charge in [0.05, 0.1) is 16.7 Å². The van der Waals surface area contributed by atoms with Gasteiger partial charge in [-0.3, -0.25) is 4.57 Å². The third-order valence-electron chi connectivity index (χ3n) is 4.08. The van der Waals surface area contributed by atoms with E-state index in [4.69, 9.17) is 0 Å². The molecule has 1 aromatic heterocycles. The molecule has 0 aliphatic rings. The Morgan fingerprint density at radius 2 is 1.62 bits per heavy atom. The van der Waals surface area contributed by atoms with E-state index in [9.17, 15) is 4.79 Å². The van der Waals surface area contributed by atoms with Crippen LogP contribution in [0.25, 0.3) is 16.7 Å². The Balaban J connectivity index is 1.77. The summed E-state index contributed by atoms with van der Waals surface area (Å²) in [5.74, 6) is 0. The SMILES string of the molecule is O=c1[nH]c2cc(Cc3ccccc3)ccc2n1-c1ccc(Br)cc1. The van der Waals surface area contributed by atoms with E-state index in [1.807, 2.05) is 48.5 Å². The Labute approximate surface area is 147 Å². The summed E-state index contributed by atoms with van der Waals surface area (Å²) in [7, 11) is 0. The molecule has 0 saturated carbocycles. The third-order valence-corrected chi connectivity index (χ3v) is 4.61. The van der Waals surface area contributed by atoms with Crippen molar-refractivity contribution in [2.45, 2.75) is 6.42 Å². The van der Waals surface area contributed by atoms with E-state index < -0.39 is 0 Å². The van der Waals surface area contributed by atoms with Crippen molar-refractivity contribution < 1.29 is 0 Å². The number of fused-ring (bicyclic) bond motifs is 1. The first-order chi connectivity index (χ1) is 11.7. The predicted molar refractivity (Wildman–Crippen MR) is 101 cm³/mol. The van der Waals surface area contributed by atoms with Gasteiger partial charge in [0.25, 0.3) is 0 Å². The molecular formula is C20H15BrN2O. The smallest absolute Gasteiger partial charge is 0.305 e. The van der Waals surface area contributed by atoms with E-state index >= 15 is 0 Å². The number of halogens is 1. The van der Waals surface area contributed by atoms with Gasteiger partial charge in [-0.15, -0.1) is 0 Å². The fraction of sp³-hybridized carbons (Fsp3) is 0.0500. The van der Waals surface area contributed by atoms with Crippen LogP contribution in [0.15, 0.2) is 82.1 Å². The lowest BCUT2D eigenvalue weighted by Gasteiger charge is -2.05. The van der Waals surface area contributed by atoms with Crippen LogP contribution in [0.3, 0.4) is 0 Å². The fourth-order valence-corrected chi connectivity index (χ4v) is 3.21. The summed E-state index contributed by atoms with van der Waals surface area (Å²) in [4.78, 5) is 15.4. The average molecular weight is 379 g/mol. The maximum absolute atomic E-state index is 12.4. The minimum atomic E-state index is -0.121. The van der Waals surface area contributed by atoms with Crippen LogP contribution in [0.4, 0.5) is 0 Å². The molecule has 0 fully saturated rings. The second-order valence-electron chi connectivity index (χ2n) is 5.76. The van der Waals surface area contributed by atoms with Crippen molar-refractivity contribution in [3.8, 4) is 5.69 Å². The summed E-state index contributed by atoms with van der Waals surface area (Å²) >= 11 is 3.42. The number of H-pyrrole nitrogens is 1. The molecular weight excluding hydrogens is 364 g/mol.